The molecule has 140 valence electrons. The fourth-order valence-electron chi connectivity index (χ4n) is 3.34. The number of nitrogens with one attached hydrogen (secondary N) is 2. The minimum absolute atomic E-state index is 0.0173. The van der Waals surface area contributed by atoms with E-state index in [4.69, 9.17) is 17.0 Å². The molecule has 0 saturated heterocycles. The number of hydrogen-bond donors (Lipinski definition) is 2. The minimum atomic E-state index is -0.303. The zero-order valence-electron chi connectivity index (χ0n) is 15.5. The Morgan fingerprint density at radius 3 is 2.92 bits per heavy atom. The van der Waals surface area contributed by atoms with Crippen molar-refractivity contribution in [2.75, 3.05) is 12.4 Å². The van der Waals surface area contributed by atoms with Gasteiger partial charge in [-0.2, -0.15) is 5.10 Å². The van der Waals surface area contributed by atoms with Gasteiger partial charge in [-0.1, -0.05) is 0 Å². The van der Waals surface area contributed by atoms with Crippen LogP contribution in [0.3, 0.4) is 0 Å². The quantitative estimate of drug-likeness (QED) is 0.599. The van der Waals surface area contributed by atoms with Crippen molar-refractivity contribution in [3.8, 4) is 0 Å². The highest BCUT2D eigenvalue weighted by molar-refractivity contribution is 7.80. The lowest BCUT2D eigenvalue weighted by molar-refractivity contribution is 0.0601. The third-order valence-electron chi connectivity index (χ3n) is 4.66. The first-order valence-corrected chi connectivity index (χ1v) is 10.0. The van der Waals surface area contributed by atoms with Crippen LogP contribution in [-0.2, 0) is 24.1 Å². The van der Waals surface area contributed by atoms with Crippen LogP contribution in [-0.4, -0.2) is 28.0 Å². The lowest BCUT2D eigenvalue weighted by atomic mass is 10.1. The molecule has 0 aliphatic heterocycles. The number of thiocarbonyl (C=S) groups is 1. The molecule has 1 atom stereocenters. The normalized spacial score (nSPS) is 14.0. The standard InChI is InChI=1S/C18H24N4O2S2/c1-5-22-9-13(11(3)21-22)10(2)19-18(25)20-16-15(17(23)24-4)12-7-6-8-14(12)26-16/h9-10H,5-8H2,1-4H3,(H2,19,20,25). The Morgan fingerprint density at radius 1 is 1.50 bits per heavy atom. The van der Waals surface area contributed by atoms with Gasteiger partial charge in [-0.25, -0.2) is 4.79 Å². The molecule has 2 heterocycles. The molecule has 26 heavy (non-hydrogen) atoms. The summed E-state index contributed by atoms with van der Waals surface area (Å²) in [6.45, 7) is 6.94. The number of aromatic nitrogens is 2. The lowest BCUT2D eigenvalue weighted by Crippen LogP contribution is -2.31. The highest BCUT2D eigenvalue weighted by Crippen LogP contribution is 2.39. The Labute approximate surface area is 162 Å². The topological polar surface area (TPSA) is 68.2 Å². The Bertz CT molecular complexity index is 841. The number of esters is 1. The van der Waals surface area contributed by atoms with Crippen molar-refractivity contribution < 1.29 is 9.53 Å². The third kappa shape index (κ3) is 3.61. The van der Waals surface area contributed by atoms with Gasteiger partial charge in [0.25, 0.3) is 0 Å². The molecule has 1 aliphatic carbocycles. The van der Waals surface area contributed by atoms with Crippen LogP contribution in [0.1, 0.15) is 58.4 Å². The van der Waals surface area contributed by atoms with Gasteiger partial charge in [0.15, 0.2) is 5.11 Å². The van der Waals surface area contributed by atoms with Gasteiger partial charge in [0.2, 0.25) is 0 Å². The van der Waals surface area contributed by atoms with Gasteiger partial charge in [-0.05, 0) is 57.8 Å². The Hall–Kier alpha value is -1.93. The number of methoxy groups -OCH3 is 1. The molecule has 2 N–H and O–H groups in total. The largest absolute Gasteiger partial charge is 0.465 e. The molecule has 1 aliphatic rings. The Balaban J connectivity index is 1.74. The van der Waals surface area contributed by atoms with Gasteiger partial charge in [-0.15, -0.1) is 11.3 Å². The zero-order valence-corrected chi connectivity index (χ0v) is 17.1. The maximum atomic E-state index is 12.2. The van der Waals surface area contributed by atoms with Gasteiger partial charge < -0.3 is 15.4 Å². The van der Waals surface area contributed by atoms with Crippen LogP contribution < -0.4 is 10.6 Å². The summed E-state index contributed by atoms with van der Waals surface area (Å²) in [6.07, 6.45) is 5.06. The molecular weight excluding hydrogens is 368 g/mol. The van der Waals surface area contributed by atoms with Gasteiger partial charge in [-0.3, -0.25) is 4.68 Å². The number of hydrogen-bond acceptors (Lipinski definition) is 5. The van der Waals surface area contributed by atoms with Crippen molar-refractivity contribution in [2.45, 2.75) is 52.6 Å². The Morgan fingerprint density at radius 2 is 2.27 bits per heavy atom. The molecule has 1 unspecified atom stereocenters. The SMILES string of the molecule is CCn1cc(C(C)NC(=S)Nc2sc3c(c2C(=O)OC)CCC3)c(C)n1. The first-order chi connectivity index (χ1) is 12.4. The van der Waals surface area contributed by atoms with E-state index in [-0.39, 0.29) is 12.0 Å². The molecular formula is C18H24N4O2S2. The molecule has 8 heteroatoms. The van der Waals surface area contributed by atoms with E-state index in [2.05, 4.69) is 22.7 Å². The van der Waals surface area contributed by atoms with Crippen molar-refractivity contribution in [3.63, 3.8) is 0 Å². The van der Waals surface area contributed by atoms with Crippen molar-refractivity contribution >= 4 is 39.6 Å². The summed E-state index contributed by atoms with van der Waals surface area (Å²) in [4.78, 5) is 13.5. The van der Waals surface area contributed by atoms with E-state index < -0.39 is 0 Å². The second kappa shape index (κ2) is 7.75. The molecule has 0 aromatic carbocycles. The second-order valence-electron chi connectivity index (χ2n) is 6.40. The zero-order chi connectivity index (χ0) is 18.8. The van der Waals surface area contributed by atoms with E-state index in [9.17, 15) is 4.79 Å². The summed E-state index contributed by atoms with van der Waals surface area (Å²) in [5.74, 6) is -0.303. The molecule has 0 amide bonds. The number of nitrogens with zero attached hydrogens (tertiary/aromatic N) is 2. The monoisotopic (exact) mass is 392 g/mol. The van der Waals surface area contributed by atoms with Crippen LogP contribution in [0.4, 0.5) is 5.00 Å². The highest BCUT2D eigenvalue weighted by atomic mass is 32.1. The number of thiophene rings is 1. The van der Waals surface area contributed by atoms with E-state index in [0.29, 0.717) is 10.7 Å². The number of carbonyl (C=O) groups excluding carboxylic acids is 1. The van der Waals surface area contributed by atoms with Crippen LogP contribution >= 0.6 is 23.6 Å². The van der Waals surface area contributed by atoms with Crippen molar-refractivity contribution in [1.82, 2.24) is 15.1 Å². The average Bonchev–Trinajstić information content (AvgIpc) is 3.27. The number of carbonyl (C=O) groups is 1. The predicted molar refractivity (Wildman–Crippen MR) is 108 cm³/mol. The van der Waals surface area contributed by atoms with Gasteiger partial charge in [0, 0.05) is 23.2 Å². The first kappa shape index (κ1) is 18.8. The predicted octanol–water partition coefficient (Wildman–Crippen LogP) is 3.60. The summed E-state index contributed by atoms with van der Waals surface area (Å²) in [7, 11) is 1.41. The van der Waals surface area contributed by atoms with E-state index in [0.717, 1.165) is 47.6 Å². The van der Waals surface area contributed by atoms with Gasteiger partial charge in [0.05, 0.1) is 24.4 Å². The molecule has 0 bridgehead atoms. The van der Waals surface area contributed by atoms with E-state index >= 15 is 0 Å². The third-order valence-corrected chi connectivity index (χ3v) is 6.09. The minimum Gasteiger partial charge on any atom is -0.465 e. The smallest absolute Gasteiger partial charge is 0.341 e. The van der Waals surface area contributed by atoms with Crippen LogP contribution in [0.2, 0.25) is 0 Å². The molecule has 0 fully saturated rings. The van der Waals surface area contributed by atoms with Crippen LogP contribution in [0.15, 0.2) is 6.20 Å². The molecule has 0 radical (unpaired) electrons. The Kier molecular flexibility index (Phi) is 5.62. The number of ether oxygens (including phenoxy) is 1. The number of aryl methyl sites for hydroxylation is 3. The summed E-state index contributed by atoms with van der Waals surface area (Å²) in [6, 6.07) is 0.0173. The van der Waals surface area contributed by atoms with Crippen LogP contribution in [0, 0.1) is 6.92 Å². The van der Waals surface area contributed by atoms with Crippen LogP contribution in [0.5, 0.6) is 0 Å². The summed E-state index contributed by atoms with van der Waals surface area (Å²) in [5.41, 5.74) is 3.84. The molecule has 0 saturated carbocycles. The van der Waals surface area contributed by atoms with E-state index in [1.54, 1.807) is 11.3 Å². The second-order valence-corrected chi connectivity index (χ2v) is 7.91. The molecule has 6 nitrogen and oxygen atoms in total. The summed E-state index contributed by atoms with van der Waals surface area (Å²) >= 11 is 7.08. The molecule has 2 aromatic heterocycles. The van der Waals surface area contributed by atoms with E-state index in [1.807, 2.05) is 24.7 Å². The van der Waals surface area contributed by atoms with Gasteiger partial charge >= 0.3 is 5.97 Å². The van der Waals surface area contributed by atoms with Crippen LogP contribution in [0.25, 0.3) is 0 Å². The molecule has 2 aromatic rings. The number of fused-ring (bicyclic) bond motifs is 1. The number of rotatable bonds is 5. The van der Waals surface area contributed by atoms with Crippen molar-refractivity contribution in [3.05, 3.63) is 33.5 Å². The maximum Gasteiger partial charge on any atom is 0.341 e. The fraction of sp³-hybridized carbons (Fsp3) is 0.500. The lowest BCUT2D eigenvalue weighted by Gasteiger charge is -2.16. The van der Waals surface area contributed by atoms with Crippen molar-refractivity contribution in [2.24, 2.45) is 0 Å². The average molecular weight is 393 g/mol. The maximum absolute atomic E-state index is 12.2. The summed E-state index contributed by atoms with van der Waals surface area (Å²) in [5, 5.41) is 12.2. The molecule has 0 spiro atoms. The van der Waals surface area contributed by atoms with E-state index in [1.165, 1.54) is 12.0 Å². The van der Waals surface area contributed by atoms with Crippen molar-refractivity contribution in [1.29, 1.82) is 0 Å². The van der Waals surface area contributed by atoms with Gasteiger partial charge in [0.1, 0.15) is 5.00 Å². The fourth-order valence-corrected chi connectivity index (χ4v) is 4.97. The summed E-state index contributed by atoms with van der Waals surface area (Å²) < 4.78 is 6.89. The number of anilines is 1. The highest BCUT2D eigenvalue weighted by Gasteiger charge is 2.27. The molecule has 3 rings (SSSR count). The first-order valence-electron chi connectivity index (χ1n) is 8.78.